The predicted octanol–water partition coefficient (Wildman–Crippen LogP) is 3.35. The normalized spacial score (nSPS) is 10.4. The Bertz CT molecular complexity index is 1300. The number of Topliss-reactive ketones (excluding diaryl/α,β-unsaturated/α-hetero) is 1. The number of carbonyl (C=O) groups is 1. The molecular weight excluding hydrogens is 413 g/mol. The Kier molecular flexibility index (Phi) is 5.38. The first kappa shape index (κ1) is 21.0. The number of benzene rings is 1. The number of hydrogen-bond acceptors (Lipinski definition) is 9. The van der Waals surface area contributed by atoms with Crippen molar-refractivity contribution in [1.82, 2.24) is 14.8 Å². The Balaban J connectivity index is 2.18. The van der Waals surface area contributed by atoms with Crippen molar-refractivity contribution in [3.8, 4) is 11.8 Å². The molecule has 13 heteroatoms. The molecule has 2 heterocycles. The number of rotatable bonds is 6. The number of halogens is 1. The van der Waals surface area contributed by atoms with Crippen molar-refractivity contribution >= 4 is 28.7 Å². The van der Waals surface area contributed by atoms with Crippen molar-refractivity contribution in [3.63, 3.8) is 0 Å². The minimum atomic E-state index is -0.964. The van der Waals surface area contributed by atoms with Gasteiger partial charge in [-0.1, -0.05) is 0 Å². The van der Waals surface area contributed by atoms with E-state index in [1.807, 2.05) is 6.07 Å². The first-order valence-corrected chi connectivity index (χ1v) is 8.49. The zero-order chi connectivity index (χ0) is 22.9. The fourth-order valence-corrected chi connectivity index (χ4v) is 2.86. The molecule has 0 fully saturated rings. The maximum absolute atomic E-state index is 14.8. The highest BCUT2D eigenvalue weighted by atomic mass is 19.1. The minimum Gasteiger partial charge on any atom is -0.334 e. The van der Waals surface area contributed by atoms with E-state index in [2.05, 4.69) is 15.4 Å². The van der Waals surface area contributed by atoms with Crippen LogP contribution in [0.5, 0.6) is 0 Å². The van der Waals surface area contributed by atoms with Crippen molar-refractivity contribution in [2.75, 3.05) is 5.32 Å². The average Bonchev–Trinajstić information content (AvgIpc) is 3.07. The molecule has 0 atom stereocenters. The van der Waals surface area contributed by atoms with Gasteiger partial charge in [-0.15, -0.1) is 0 Å². The predicted molar refractivity (Wildman–Crippen MR) is 104 cm³/mol. The maximum atomic E-state index is 14.8. The summed E-state index contributed by atoms with van der Waals surface area (Å²) in [5, 5.41) is 38.1. The molecule has 0 amide bonds. The summed E-state index contributed by atoms with van der Waals surface area (Å²) in [5.41, 5.74) is -1.28. The van der Waals surface area contributed by atoms with E-state index in [9.17, 15) is 34.7 Å². The summed E-state index contributed by atoms with van der Waals surface area (Å²) in [5.74, 6) is -1.97. The van der Waals surface area contributed by atoms with Gasteiger partial charge < -0.3 is 5.32 Å². The standard InChI is InChI=1S/C18H12FN7O5/c1-9-3-12(7-20)24(23-9)15-5-11(4-14(19)17(15)10(2)27)22-18-16(26(30)31)6-13(8-21-18)25(28)29/h3-6,8H,1-2H3,(H,21,22). The van der Waals surface area contributed by atoms with Crippen LogP contribution in [0.4, 0.5) is 27.3 Å². The Morgan fingerprint density at radius 2 is 1.94 bits per heavy atom. The van der Waals surface area contributed by atoms with Crippen LogP contribution >= 0.6 is 0 Å². The SMILES string of the molecule is CC(=O)c1c(F)cc(Nc2ncc([N+](=O)[O-])cc2[N+](=O)[O-])cc1-n1nc(C)cc1C#N. The molecule has 1 aromatic carbocycles. The van der Waals surface area contributed by atoms with Gasteiger partial charge in [0.05, 0.1) is 32.9 Å². The van der Waals surface area contributed by atoms with E-state index < -0.39 is 32.8 Å². The van der Waals surface area contributed by atoms with E-state index in [-0.39, 0.29) is 28.5 Å². The highest BCUT2D eigenvalue weighted by Gasteiger charge is 2.24. The smallest absolute Gasteiger partial charge is 0.318 e. The number of aromatic nitrogens is 3. The van der Waals surface area contributed by atoms with Gasteiger partial charge in [0.25, 0.3) is 5.69 Å². The third-order valence-corrected chi connectivity index (χ3v) is 4.12. The summed E-state index contributed by atoms with van der Waals surface area (Å²) in [4.78, 5) is 36.2. The van der Waals surface area contributed by atoms with Gasteiger partial charge in [-0.3, -0.25) is 25.0 Å². The van der Waals surface area contributed by atoms with Crippen LogP contribution in [0, 0.1) is 44.3 Å². The first-order chi connectivity index (χ1) is 14.6. The monoisotopic (exact) mass is 425 g/mol. The lowest BCUT2D eigenvalue weighted by Crippen LogP contribution is -2.11. The van der Waals surface area contributed by atoms with Crippen LogP contribution < -0.4 is 5.32 Å². The number of nitrogens with one attached hydrogen (secondary N) is 1. The molecule has 0 radical (unpaired) electrons. The second kappa shape index (κ2) is 7.95. The third-order valence-electron chi connectivity index (χ3n) is 4.12. The van der Waals surface area contributed by atoms with Gasteiger partial charge in [0.2, 0.25) is 5.82 Å². The lowest BCUT2D eigenvalue weighted by Gasteiger charge is -2.13. The molecule has 0 saturated heterocycles. The molecule has 0 aliphatic heterocycles. The second-order valence-corrected chi connectivity index (χ2v) is 6.30. The highest BCUT2D eigenvalue weighted by Crippen LogP contribution is 2.31. The summed E-state index contributed by atoms with van der Waals surface area (Å²) >= 11 is 0. The summed E-state index contributed by atoms with van der Waals surface area (Å²) in [6, 6.07) is 6.21. The van der Waals surface area contributed by atoms with Gasteiger partial charge in [-0.25, -0.2) is 14.1 Å². The van der Waals surface area contributed by atoms with Gasteiger partial charge in [-0.05, 0) is 32.0 Å². The zero-order valence-electron chi connectivity index (χ0n) is 16.0. The quantitative estimate of drug-likeness (QED) is 0.353. The summed E-state index contributed by atoms with van der Waals surface area (Å²) in [6.07, 6.45) is 0.807. The van der Waals surface area contributed by atoms with Gasteiger partial charge in [-0.2, -0.15) is 10.4 Å². The van der Waals surface area contributed by atoms with Gasteiger partial charge in [0.15, 0.2) is 5.78 Å². The summed E-state index contributed by atoms with van der Waals surface area (Å²) < 4.78 is 15.9. The summed E-state index contributed by atoms with van der Waals surface area (Å²) in [7, 11) is 0. The molecule has 0 spiro atoms. The lowest BCUT2D eigenvalue weighted by molar-refractivity contribution is -0.394. The van der Waals surface area contributed by atoms with Gasteiger partial charge >= 0.3 is 5.69 Å². The number of nitrogens with zero attached hydrogens (tertiary/aromatic N) is 6. The van der Waals surface area contributed by atoms with Crippen LogP contribution in [0.2, 0.25) is 0 Å². The fourth-order valence-electron chi connectivity index (χ4n) is 2.86. The van der Waals surface area contributed by atoms with E-state index in [1.54, 1.807) is 6.92 Å². The molecule has 0 unspecified atom stereocenters. The number of hydrogen-bond donors (Lipinski definition) is 1. The third kappa shape index (κ3) is 4.03. The molecule has 12 nitrogen and oxygen atoms in total. The zero-order valence-corrected chi connectivity index (χ0v) is 16.0. The van der Waals surface area contributed by atoms with Crippen molar-refractivity contribution in [1.29, 1.82) is 5.26 Å². The molecule has 2 aromatic heterocycles. The number of ketones is 1. The Morgan fingerprint density at radius 1 is 1.23 bits per heavy atom. The number of carbonyl (C=O) groups excluding carboxylic acids is 1. The minimum absolute atomic E-state index is 0.0380. The van der Waals surface area contributed by atoms with Crippen molar-refractivity contribution in [2.24, 2.45) is 0 Å². The van der Waals surface area contributed by atoms with Crippen LogP contribution in [-0.2, 0) is 0 Å². The van der Waals surface area contributed by atoms with E-state index in [0.717, 1.165) is 23.9 Å². The first-order valence-electron chi connectivity index (χ1n) is 8.49. The maximum Gasteiger partial charge on any atom is 0.318 e. The van der Waals surface area contributed by atoms with Crippen LogP contribution in [0.1, 0.15) is 28.7 Å². The van der Waals surface area contributed by atoms with E-state index >= 15 is 0 Å². The Labute approximate surface area is 172 Å². The molecule has 0 bridgehead atoms. The van der Waals surface area contributed by atoms with Crippen molar-refractivity contribution < 1.29 is 19.0 Å². The van der Waals surface area contributed by atoms with E-state index in [0.29, 0.717) is 11.8 Å². The number of nitriles is 1. The van der Waals surface area contributed by atoms with Crippen LogP contribution in [0.25, 0.3) is 5.69 Å². The number of anilines is 2. The lowest BCUT2D eigenvalue weighted by atomic mass is 10.1. The van der Waals surface area contributed by atoms with E-state index in [1.165, 1.54) is 12.1 Å². The number of pyridine rings is 1. The number of aryl methyl sites for hydroxylation is 1. The topological polar surface area (TPSA) is 170 Å². The van der Waals surface area contributed by atoms with Crippen LogP contribution in [0.15, 0.2) is 30.5 Å². The van der Waals surface area contributed by atoms with Crippen molar-refractivity contribution in [2.45, 2.75) is 13.8 Å². The van der Waals surface area contributed by atoms with E-state index in [4.69, 9.17) is 0 Å². The molecule has 156 valence electrons. The fraction of sp³-hybridized carbons (Fsp3) is 0.111. The van der Waals surface area contributed by atoms with Gasteiger partial charge in [0, 0.05) is 5.69 Å². The molecule has 0 aliphatic rings. The average molecular weight is 425 g/mol. The summed E-state index contributed by atoms with van der Waals surface area (Å²) in [6.45, 7) is 2.74. The van der Waals surface area contributed by atoms with Crippen molar-refractivity contribution in [3.05, 3.63) is 73.5 Å². The Hall–Kier alpha value is -4.73. The Morgan fingerprint density at radius 3 is 2.52 bits per heavy atom. The molecule has 1 N–H and O–H groups in total. The molecule has 3 aromatic rings. The molecule has 0 aliphatic carbocycles. The molecular formula is C18H12FN7O5. The van der Waals surface area contributed by atoms with Crippen LogP contribution in [0.3, 0.4) is 0 Å². The highest BCUT2D eigenvalue weighted by molar-refractivity contribution is 5.98. The largest absolute Gasteiger partial charge is 0.334 e. The molecule has 0 saturated carbocycles. The molecule has 31 heavy (non-hydrogen) atoms. The van der Waals surface area contributed by atoms with Gasteiger partial charge in [0.1, 0.15) is 23.8 Å². The van der Waals surface area contributed by atoms with Crippen LogP contribution in [-0.4, -0.2) is 30.4 Å². The second-order valence-electron chi connectivity index (χ2n) is 6.30. The number of nitro groups is 2. The molecule has 3 rings (SSSR count).